The third-order valence-corrected chi connectivity index (χ3v) is 7.82. The van der Waals surface area contributed by atoms with Crippen LogP contribution in [0, 0.1) is 22.7 Å². The second-order valence-corrected chi connectivity index (χ2v) is 9.20. The first kappa shape index (κ1) is 17.8. The number of ether oxygens (including phenoxy) is 1. The van der Waals surface area contributed by atoms with Crippen molar-refractivity contribution in [2.45, 2.75) is 72.3 Å². The normalized spacial score (nSPS) is 41.1. The Labute approximate surface area is 156 Å². The largest absolute Gasteiger partial charge is 0.462 e. The van der Waals surface area contributed by atoms with Gasteiger partial charge in [0.1, 0.15) is 6.10 Å². The summed E-state index contributed by atoms with van der Waals surface area (Å²) in [6.07, 6.45) is 13.1. The number of esters is 1. The van der Waals surface area contributed by atoms with Crippen LogP contribution >= 0.6 is 0 Å². The van der Waals surface area contributed by atoms with Crippen molar-refractivity contribution in [1.29, 1.82) is 0 Å². The number of Topliss-reactive ketones (excluding diaryl/α,β-unsaturated/α-hetero) is 1. The highest BCUT2D eigenvalue weighted by Gasteiger charge is 2.54. The molecule has 0 unspecified atom stereocenters. The maximum Gasteiger partial charge on any atom is 0.302 e. The van der Waals surface area contributed by atoms with E-state index in [2.05, 4.69) is 32.1 Å². The zero-order valence-electron chi connectivity index (χ0n) is 16.4. The molecule has 26 heavy (non-hydrogen) atoms. The van der Waals surface area contributed by atoms with E-state index in [1.54, 1.807) is 6.92 Å². The quantitative estimate of drug-likeness (QED) is 0.522. The van der Waals surface area contributed by atoms with E-state index >= 15 is 0 Å². The zero-order valence-corrected chi connectivity index (χ0v) is 16.4. The second-order valence-electron chi connectivity index (χ2n) is 9.20. The predicted molar refractivity (Wildman–Crippen MR) is 101 cm³/mol. The first-order valence-corrected chi connectivity index (χ1v) is 10.1. The molecular formula is C23H30O3. The van der Waals surface area contributed by atoms with Crippen LogP contribution in [-0.4, -0.2) is 17.9 Å². The fourth-order valence-electron chi connectivity index (χ4n) is 6.48. The van der Waals surface area contributed by atoms with Crippen molar-refractivity contribution in [3.05, 3.63) is 34.9 Å². The maximum atomic E-state index is 12.1. The van der Waals surface area contributed by atoms with Gasteiger partial charge in [-0.2, -0.15) is 0 Å². The Morgan fingerprint density at radius 1 is 1.12 bits per heavy atom. The summed E-state index contributed by atoms with van der Waals surface area (Å²) in [5.74, 6) is 1.23. The molecule has 0 aliphatic heterocycles. The molecule has 4 rings (SSSR count). The zero-order chi connectivity index (χ0) is 18.7. The van der Waals surface area contributed by atoms with Crippen molar-refractivity contribution < 1.29 is 14.3 Å². The van der Waals surface area contributed by atoms with Gasteiger partial charge in [0.15, 0.2) is 5.78 Å². The van der Waals surface area contributed by atoms with Gasteiger partial charge < -0.3 is 4.74 Å². The van der Waals surface area contributed by atoms with Crippen molar-refractivity contribution in [2.75, 3.05) is 0 Å². The molecule has 0 aromatic carbocycles. The van der Waals surface area contributed by atoms with E-state index < -0.39 is 0 Å². The van der Waals surface area contributed by atoms with E-state index in [9.17, 15) is 9.59 Å². The first-order valence-electron chi connectivity index (χ1n) is 10.1. The number of allylic oxidation sites excluding steroid dienone is 5. The van der Waals surface area contributed by atoms with Crippen LogP contribution in [0.2, 0.25) is 0 Å². The number of hydrogen-bond donors (Lipinski definition) is 0. The van der Waals surface area contributed by atoms with Crippen LogP contribution < -0.4 is 0 Å². The molecule has 0 heterocycles. The van der Waals surface area contributed by atoms with Crippen molar-refractivity contribution >= 4 is 11.8 Å². The lowest BCUT2D eigenvalue weighted by molar-refractivity contribution is -0.148. The molecule has 3 nitrogen and oxygen atoms in total. The van der Waals surface area contributed by atoms with Crippen LogP contribution in [0.15, 0.2) is 34.9 Å². The molecule has 2 saturated carbocycles. The summed E-state index contributed by atoms with van der Waals surface area (Å²) in [5, 5.41) is 0. The minimum Gasteiger partial charge on any atom is -0.462 e. The van der Waals surface area contributed by atoms with Gasteiger partial charge in [-0.15, -0.1) is 0 Å². The van der Waals surface area contributed by atoms with Gasteiger partial charge in [0, 0.05) is 24.3 Å². The number of ketones is 1. The number of fused-ring (bicyclic) bond motifs is 5. The maximum absolute atomic E-state index is 12.1. The fourth-order valence-corrected chi connectivity index (χ4v) is 6.48. The highest BCUT2D eigenvalue weighted by Crippen LogP contribution is 2.63. The minimum absolute atomic E-state index is 0.0499. The first-order chi connectivity index (χ1) is 12.3. The van der Waals surface area contributed by atoms with Gasteiger partial charge in [0.2, 0.25) is 0 Å². The standard InChI is InChI=1S/C23H30O3/c1-14(24)19-7-8-20-18-6-5-16-13-17(26-15(2)25)9-11-22(16,3)21(18)10-12-23(19,20)4/h5,7-8,17-18,21H,6,9-13H2,1-4H3/t17-,18-,21+,22-,23-/m1/s1. The van der Waals surface area contributed by atoms with E-state index in [1.165, 1.54) is 24.5 Å². The lowest BCUT2D eigenvalue weighted by atomic mass is 9.49. The van der Waals surface area contributed by atoms with E-state index in [4.69, 9.17) is 4.74 Å². The average molecular weight is 354 g/mol. The molecule has 3 heteroatoms. The lowest BCUT2D eigenvalue weighted by Crippen LogP contribution is -2.47. The molecular weight excluding hydrogens is 324 g/mol. The third-order valence-electron chi connectivity index (χ3n) is 7.82. The predicted octanol–water partition coefficient (Wildman–Crippen LogP) is 4.93. The SMILES string of the molecule is CC(=O)O[C@@H]1CC[C@]2(C)C(=CC[C@@H]3C4=CC=C(C(C)=O)[C@@]4(C)CC[C@@H]32)C1. The van der Waals surface area contributed by atoms with Gasteiger partial charge >= 0.3 is 5.97 Å². The Kier molecular flexibility index (Phi) is 4.05. The van der Waals surface area contributed by atoms with Gasteiger partial charge in [0.25, 0.3) is 0 Å². The summed E-state index contributed by atoms with van der Waals surface area (Å²) in [5.41, 5.74) is 4.14. The van der Waals surface area contributed by atoms with Crippen LogP contribution in [0.3, 0.4) is 0 Å². The van der Waals surface area contributed by atoms with Gasteiger partial charge in [-0.25, -0.2) is 0 Å². The number of rotatable bonds is 2. The van der Waals surface area contributed by atoms with Crippen molar-refractivity contribution in [3.63, 3.8) is 0 Å². The van der Waals surface area contributed by atoms with Crippen LogP contribution in [0.5, 0.6) is 0 Å². The fraction of sp³-hybridized carbons (Fsp3) is 0.652. The third kappa shape index (κ3) is 2.46. The molecule has 5 atom stereocenters. The Balaban J connectivity index is 1.61. The molecule has 0 spiro atoms. The summed E-state index contributed by atoms with van der Waals surface area (Å²) in [6.45, 7) is 7.91. The number of carbonyl (C=O) groups is 2. The molecule has 0 N–H and O–H groups in total. The van der Waals surface area contributed by atoms with Crippen molar-refractivity contribution in [2.24, 2.45) is 22.7 Å². The van der Waals surface area contributed by atoms with E-state index in [-0.39, 0.29) is 28.7 Å². The topological polar surface area (TPSA) is 43.4 Å². The van der Waals surface area contributed by atoms with Crippen LogP contribution in [0.4, 0.5) is 0 Å². The molecule has 4 aliphatic rings. The average Bonchev–Trinajstić information content (AvgIpc) is 2.92. The highest BCUT2D eigenvalue weighted by atomic mass is 16.5. The lowest BCUT2D eigenvalue weighted by Gasteiger charge is -2.56. The smallest absolute Gasteiger partial charge is 0.302 e. The van der Waals surface area contributed by atoms with Crippen LogP contribution in [0.25, 0.3) is 0 Å². The van der Waals surface area contributed by atoms with Crippen LogP contribution in [-0.2, 0) is 14.3 Å². The van der Waals surface area contributed by atoms with E-state index in [0.717, 1.165) is 37.7 Å². The Morgan fingerprint density at radius 3 is 2.58 bits per heavy atom. The minimum atomic E-state index is -0.166. The summed E-state index contributed by atoms with van der Waals surface area (Å²) in [4.78, 5) is 23.5. The van der Waals surface area contributed by atoms with Crippen LogP contribution in [0.1, 0.15) is 66.2 Å². The molecule has 0 bridgehead atoms. The molecule has 0 amide bonds. The molecule has 2 fully saturated rings. The van der Waals surface area contributed by atoms with E-state index in [0.29, 0.717) is 11.8 Å². The summed E-state index contributed by atoms with van der Waals surface area (Å²) in [6, 6.07) is 0. The Morgan fingerprint density at radius 2 is 1.88 bits per heavy atom. The summed E-state index contributed by atoms with van der Waals surface area (Å²) >= 11 is 0. The monoisotopic (exact) mass is 354 g/mol. The highest BCUT2D eigenvalue weighted by molar-refractivity contribution is 5.96. The van der Waals surface area contributed by atoms with Gasteiger partial charge in [-0.3, -0.25) is 9.59 Å². The van der Waals surface area contributed by atoms with Gasteiger partial charge in [-0.05, 0) is 56.3 Å². The van der Waals surface area contributed by atoms with Crippen molar-refractivity contribution in [3.8, 4) is 0 Å². The molecule has 4 aliphatic carbocycles. The molecule has 0 radical (unpaired) electrons. The molecule has 0 aromatic heterocycles. The Bertz CT molecular complexity index is 755. The van der Waals surface area contributed by atoms with E-state index in [1.807, 2.05) is 0 Å². The molecule has 140 valence electrons. The second kappa shape index (κ2) is 5.94. The van der Waals surface area contributed by atoms with Gasteiger partial charge in [-0.1, -0.05) is 43.2 Å². The summed E-state index contributed by atoms with van der Waals surface area (Å²) in [7, 11) is 0. The number of carbonyl (C=O) groups excluding carboxylic acids is 2. The molecule has 0 saturated heterocycles. The Hall–Kier alpha value is -1.64. The van der Waals surface area contributed by atoms with Gasteiger partial charge in [0.05, 0.1) is 0 Å². The molecule has 0 aromatic rings. The summed E-state index contributed by atoms with van der Waals surface area (Å²) < 4.78 is 5.51. The van der Waals surface area contributed by atoms with Crippen molar-refractivity contribution in [1.82, 2.24) is 0 Å². The number of hydrogen-bond acceptors (Lipinski definition) is 3.